The number of benzene rings is 2. The Balaban J connectivity index is 1.61. The monoisotopic (exact) mass is 551 g/mol. The third-order valence-electron chi connectivity index (χ3n) is 5.99. The third kappa shape index (κ3) is 15.7. The van der Waals surface area contributed by atoms with Crippen LogP contribution in [0.1, 0.15) is 83.3 Å². The van der Waals surface area contributed by atoms with Crippen LogP contribution in [0.5, 0.6) is 0 Å². The molecule has 2 aromatic rings. The molecule has 0 unspecified atom stereocenters. The van der Waals surface area contributed by atoms with Gasteiger partial charge in [-0.25, -0.2) is 14.4 Å². The summed E-state index contributed by atoms with van der Waals surface area (Å²) < 4.78 is 16.1. The zero-order valence-corrected chi connectivity index (χ0v) is 24.2. The van der Waals surface area contributed by atoms with E-state index in [0.29, 0.717) is 13.0 Å². The maximum absolute atomic E-state index is 12.8. The van der Waals surface area contributed by atoms with Crippen molar-refractivity contribution in [2.24, 2.45) is 0 Å². The van der Waals surface area contributed by atoms with Crippen LogP contribution in [-0.4, -0.2) is 36.3 Å². The van der Waals surface area contributed by atoms with Crippen LogP contribution in [0.25, 0.3) is 0 Å². The smallest absolute Gasteiger partial charge is 0.408 e. The largest absolute Gasteiger partial charge is 0.464 e. The molecule has 1 atom stereocenters. The number of esters is 2. The lowest BCUT2D eigenvalue weighted by atomic mass is 10.1. The molecular weight excluding hydrogens is 506 g/mol. The summed E-state index contributed by atoms with van der Waals surface area (Å²) in [6.07, 6.45) is 11.2. The zero-order chi connectivity index (χ0) is 29.1. The summed E-state index contributed by atoms with van der Waals surface area (Å²) >= 11 is 0. The maximum Gasteiger partial charge on any atom is 0.408 e. The van der Waals surface area contributed by atoms with Gasteiger partial charge in [0.15, 0.2) is 0 Å². The van der Waals surface area contributed by atoms with Crippen LogP contribution in [0.4, 0.5) is 4.79 Å². The molecule has 0 saturated carbocycles. The van der Waals surface area contributed by atoms with Crippen molar-refractivity contribution in [3.05, 3.63) is 83.9 Å². The van der Waals surface area contributed by atoms with Crippen LogP contribution < -0.4 is 5.32 Å². The molecule has 0 bridgehead atoms. The quantitative estimate of drug-likeness (QED) is 0.0977. The molecule has 218 valence electrons. The van der Waals surface area contributed by atoms with E-state index in [1.807, 2.05) is 87.5 Å². The van der Waals surface area contributed by atoms with Crippen molar-refractivity contribution in [3.8, 4) is 0 Å². The van der Waals surface area contributed by atoms with Crippen LogP contribution in [-0.2, 0) is 36.8 Å². The van der Waals surface area contributed by atoms with Gasteiger partial charge in [0.25, 0.3) is 0 Å². The molecule has 0 aliphatic heterocycles. The summed E-state index contributed by atoms with van der Waals surface area (Å²) in [6.45, 7) is 6.02. The van der Waals surface area contributed by atoms with Crippen molar-refractivity contribution < 1.29 is 28.6 Å². The number of rotatable bonds is 17. The first-order valence-electron chi connectivity index (χ1n) is 14.3. The molecular formula is C33H45NO6. The fourth-order valence-electron chi connectivity index (χ4n) is 3.99. The van der Waals surface area contributed by atoms with E-state index in [0.717, 1.165) is 62.5 Å². The molecule has 2 rings (SSSR count). The normalized spacial score (nSPS) is 12.1. The fourth-order valence-corrected chi connectivity index (χ4v) is 3.99. The van der Waals surface area contributed by atoms with Gasteiger partial charge < -0.3 is 19.5 Å². The molecule has 0 aromatic heterocycles. The van der Waals surface area contributed by atoms with E-state index in [4.69, 9.17) is 14.2 Å². The minimum atomic E-state index is -0.824. The zero-order valence-electron chi connectivity index (χ0n) is 24.2. The first-order chi connectivity index (χ1) is 19.2. The number of allylic oxidation sites excluding steroid dienone is 1. The van der Waals surface area contributed by atoms with E-state index in [-0.39, 0.29) is 12.6 Å². The summed E-state index contributed by atoms with van der Waals surface area (Å²) in [6, 6.07) is 18.1. The Morgan fingerprint density at radius 3 is 1.98 bits per heavy atom. The van der Waals surface area contributed by atoms with Crippen molar-refractivity contribution >= 4 is 18.0 Å². The van der Waals surface area contributed by atoms with Gasteiger partial charge in [-0.3, -0.25) is 0 Å². The van der Waals surface area contributed by atoms with Gasteiger partial charge >= 0.3 is 18.0 Å². The highest BCUT2D eigenvalue weighted by Gasteiger charge is 2.23. The van der Waals surface area contributed by atoms with E-state index < -0.39 is 23.7 Å². The Bertz CT molecular complexity index is 1030. The van der Waals surface area contributed by atoms with Crippen LogP contribution >= 0.6 is 0 Å². The summed E-state index contributed by atoms with van der Waals surface area (Å²) in [4.78, 5) is 36.8. The van der Waals surface area contributed by atoms with Gasteiger partial charge in [0.2, 0.25) is 0 Å². The highest BCUT2D eigenvalue weighted by atomic mass is 16.6. The molecule has 1 amide bonds. The number of ether oxygens (including phenoxy) is 3. The van der Waals surface area contributed by atoms with Crippen molar-refractivity contribution in [1.29, 1.82) is 0 Å². The number of alkyl carbamates (subject to hydrolysis) is 1. The Labute approximate surface area is 239 Å². The molecule has 0 aliphatic rings. The molecule has 0 fully saturated rings. The number of amides is 1. The van der Waals surface area contributed by atoms with Gasteiger partial charge in [-0.15, -0.1) is 0 Å². The standard InChI is InChI=1S/C33H45NO6/c1-33(2,3)40-30(35)23-17-9-7-5-4-6-8-10-18-24-38-31(36)29(25-27-19-13-11-14-20-27)34-32(37)39-26-28-21-15-12-16-22-28/h11-17,19-23,29H,4-10,18,24-26H2,1-3H3,(H,34,37)/b23-17+/t29-/m0/s1. The van der Waals surface area contributed by atoms with Gasteiger partial charge in [-0.2, -0.15) is 0 Å². The SMILES string of the molecule is CC(C)(C)OC(=O)/C=C/CCCCCCCCCOC(=O)[C@H](Cc1ccccc1)NC(=O)OCc1ccccc1. The van der Waals surface area contributed by atoms with E-state index in [1.165, 1.54) is 6.08 Å². The maximum atomic E-state index is 12.8. The van der Waals surface area contributed by atoms with Gasteiger partial charge in [0.1, 0.15) is 18.2 Å². The van der Waals surface area contributed by atoms with Crippen molar-refractivity contribution in [3.63, 3.8) is 0 Å². The lowest BCUT2D eigenvalue weighted by molar-refractivity contribution is -0.148. The minimum absolute atomic E-state index is 0.128. The summed E-state index contributed by atoms with van der Waals surface area (Å²) in [5.41, 5.74) is 1.33. The summed E-state index contributed by atoms with van der Waals surface area (Å²) in [7, 11) is 0. The number of unbranched alkanes of at least 4 members (excludes halogenated alkanes) is 7. The first-order valence-corrected chi connectivity index (χ1v) is 14.3. The van der Waals surface area contributed by atoms with Crippen LogP contribution in [0.3, 0.4) is 0 Å². The molecule has 0 spiro atoms. The van der Waals surface area contributed by atoms with E-state index in [2.05, 4.69) is 5.32 Å². The van der Waals surface area contributed by atoms with Gasteiger partial charge in [0, 0.05) is 12.5 Å². The van der Waals surface area contributed by atoms with Crippen LogP contribution in [0, 0.1) is 0 Å². The van der Waals surface area contributed by atoms with Crippen LogP contribution in [0.15, 0.2) is 72.8 Å². The number of hydrogen-bond acceptors (Lipinski definition) is 6. The Kier molecular flexibility index (Phi) is 15.2. The summed E-state index contributed by atoms with van der Waals surface area (Å²) in [5, 5.41) is 2.68. The van der Waals surface area contributed by atoms with Gasteiger partial charge in [-0.05, 0) is 51.2 Å². The summed E-state index contributed by atoms with van der Waals surface area (Å²) in [5.74, 6) is -0.752. The minimum Gasteiger partial charge on any atom is -0.464 e. The molecule has 0 heterocycles. The van der Waals surface area contributed by atoms with Gasteiger partial charge in [0.05, 0.1) is 6.61 Å². The molecule has 40 heavy (non-hydrogen) atoms. The first kappa shape index (κ1) is 32.6. The van der Waals surface area contributed by atoms with E-state index in [9.17, 15) is 14.4 Å². The third-order valence-corrected chi connectivity index (χ3v) is 5.99. The average molecular weight is 552 g/mol. The highest BCUT2D eigenvalue weighted by molar-refractivity contribution is 5.82. The Hall–Kier alpha value is -3.61. The second-order valence-corrected chi connectivity index (χ2v) is 10.8. The highest BCUT2D eigenvalue weighted by Crippen LogP contribution is 2.11. The second kappa shape index (κ2) is 18.6. The van der Waals surface area contributed by atoms with Crippen molar-refractivity contribution in [2.75, 3.05) is 6.61 Å². The lowest BCUT2D eigenvalue weighted by Gasteiger charge is -2.18. The molecule has 2 aromatic carbocycles. The predicted molar refractivity (Wildman–Crippen MR) is 157 cm³/mol. The second-order valence-electron chi connectivity index (χ2n) is 10.8. The molecule has 0 aliphatic carbocycles. The predicted octanol–water partition coefficient (Wildman–Crippen LogP) is 7.09. The fraction of sp³-hybridized carbons (Fsp3) is 0.485. The molecule has 7 nitrogen and oxygen atoms in total. The molecule has 0 radical (unpaired) electrons. The van der Waals surface area contributed by atoms with E-state index in [1.54, 1.807) is 0 Å². The van der Waals surface area contributed by atoms with Crippen molar-refractivity contribution in [2.45, 2.75) is 96.8 Å². The topological polar surface area (TPSA) is 90.9 Å². The number of nitrogens with one attached hydrogen (secondary N) is 1. The average Bonchev–Trinajstić information content (AvgIpc) is 2.92. The number of carbonyl (C=O) groups is 3. The Morgan fingerprint density at radius 1 is 0.775 bits per heavy atom. The Morgan fingerprint density at radius 2 is 1.35 bits per heavy atom. The lowest BCUT2D eigenvalue weighted by Crippen LogP contribution is -2.43. The number of carbonyl (C=O) groups excluding carboxylic acids is 3. The van der Waals surface area contributed by atoms with Crippen LogP contribution in [0.2, 0.25) is 0 Å². The van der Waals surface area contributed by atoms with E-state index >= 15 is 0 Å². The van der Waals surface area contributed by atoms with Gasteiger partial charge in [-0.1, -0.05) is 98.8 Å². The molecule has 7 heteroatoms. The van der Waals surface area contributed by atoms with Crippen molar-refractivity contribution in [1.82, 2.24) is 5.32 Å². The number of hydrogen-bond donors (Lipinski definition) is 1. The molecule has 1 N–H and O–H groups in total. The molecule has 0 saturated heterocycles.